The molecule has 8 nitrogen and oxygen atoms in total. The van der Waals surface area contributed by atoms with Crippen molar-refractivity contribution in [2.75, 3.05) is 25.1 Å². The minimum absolute atomic E-state index is 0.201. The van der Waals surface area contributed by atoms with Crippen molar-refractivity contribution in [3.63, 3.8) is 0 Å². The van der Waals surface area contributed by atoms with Crippen molar-refractivity contribution in [1.29, 1.82) is 0 Å². The largest absolute Gasteiger partial charge is 0.463 e. The lowest BCUT2D eigenvalue weighted by molar-refractivity contribution is -0.139. The Kier molecular flexibility index (Phi) is 7.86. The normalized spacial score (nSPS) is 16.1. The lowest BCUT2D eigenvalue weighted by Gasteiger charge is -2.26. The number of urea groups is 1. The first-order chi connectivity index (χ1) is 13.5. The second-order valence-electron chi connectivity index (χ2n) is 6.33. The zero-order chi connectivity index (χ0) is 20.5. The van der Waals surface area contributed by atoms with E-state index in [2.05, 4.69) is 22.9 Å². The van der Waals surface area contributed by atoms with Crippen LogP contribution in [0.15, 0.2) is 35.5 Å². The molecule has 2 rings (SSSR count). The molecule has 0 radical (unpaired) electrons. The number of rotatable bonds is 9. The van der Waals surface area contributed by atoms with Gasteiger partial charge >= 0.3 is 18.0 Å². The number of para-hydroxylation sites is 1. The van der Waals surface area contributed by atoms with Crippen LogP contribution in [0.4, 0.5) is 10.5 Å². The number of carbonyl (C=O) groups is 3. The van der Waals surface area contributed by atoms with Gasteiger partial charge in [0.1, 0.15) is 6.61 Å². The topological polar surface area (TPSA) is 106 Å². The highest BCUT2D eigenvalue weighted by molar-refractivity contribution is 5.97. The van der Waals surface area contributed by atoms with Crippen molar-refractivity contribution in [3.8, 4) is 0 Å². The number of carbonyl (C=O) groups excluding carboxylic acids is 3. The molecular formula is C20H27N3O5. The fraction of sp³-hybridized carbons (Fsp3) is 0.450. The minimum atomic E-state index is -0.560. The highest BCUT2D eigenvalue weighted by Crippen LogP contribution is 2.19. The number of esters is 2. The van der Waals surface area contributed by atoms with Gasteiger partial charge in [-0.3, -0.25) is 0 Å². The van der Waals surface area contributed by atoms with E-state index in [1.807, 2.05) is 12.1 Å². The fourth-order valence-electron chi connectivity index (χ4n) is 2.82. The molecule has 0 spiro atoms. The van der Waals surface area contributed by atoms with E-state index in [0.717, 1.165) is 19.4 Å². The van der Waals surface area contributed by atoms with Gasteiger partial charge in [0.05, 0.1) is 29.5 Å². The SMILES string of the molecule is CCCCNc1ccccc1C(=O)OCC1=C(C(=O)OCC)[C@@H](C)NC(=O)N1. The third-order valence-electron chi connectivity index (χ3n) is 4.21. The first-order valence-electron chi connectivity index (χ1n) is 9.45. The molecule has 2 amide bonds. The molecule has 0 aliphatic carbocycles. The lowest BCUT2D eigenvalue weighted by atomic mass is 10.0. The summed E-state index contributed by atoms with van der Waals surface area (Å²) in [6.45, 7) is 6.16. The highest BCUT2D eigenvalue weighted by Gasteiger charge is 2.30. The van der Waals surface area contributed by atoms with Crippen molar-refractivity contribution >= 4 is 23.7 Å². The molecule has 0 unspecified atom stereocenters. The van der Waals surface area contributed by atoms with Gasteiger partial charge in [0.25, 0.3) is 0 Å². The quantitative estimate of drug-likeness (QED) is 0.443. The number of ether oxygens (including phenoxy) is 2. The van der Waals surface area contributed by atoms with Crippen LogP contribution >= 0.6 is 0 Å². The molecule has 1 atom stereocenters. The molecule has 0 bridgehead atoms. The molecule has 1 heterocycles. The summed E-state index contributed by atoms with van der Waals surface area (Å²) >= 11 is 0. The summed E-state index contributed by atoms with van der Waals surface area (Å²) < 4.78 is 10.4. The predicted octanol–water partition coefficient (Wildman–Crippen LogP) is 2.57. The van der Waals surface area contributed by atoms with E-state index in [0.29, 0.717) is 11.3 Å². The summed E-state index contributed by atoms with van der Waals surface area (Å²) in [7, 11) is 0. The molecule has 152 valence electrons. The van der Waals surface area contributed by atoms with Crippen molar-refractivity contribution in [2.45, 2.75) is 39.7 Å². The number of hydrogen-bond donors (Lipinski definition) is 3. The third kappa shape index (κ3) is 5.48. The summed E-state index contributed by atoms with van der Waals surface area (Å²) in [4.78, 5) is 36.6. The van der Waals surface area contributed by atoms with Gasteiger partial charge in [0.15, 0.2) is 0 Å². The first-order valence-corrected chi connectivity index (χ1v) is 9.45. The van der Waals surface area contributed by atoms with E-state index >= 15 is 0 Å². The van der Waals surface area contributed by atoms with Gasteiger partial charge in [0, 0.05) is 12.2 Å². The van der Waals surface area contributed by atoms with Crippen molar-refractivity contribution < 1.29 is 23.9 Å². The lowest BCUT2D eigenvalue weighted by Crippen LogP contribution is -2.50. The number of hydrogen-bond acceptors (Lipinski definition) is 6. The number of benzene rings is 1. The predicted molar refractivity (Wildman–Crippen MR) is 105 cm³/mol. The first kappa shape index (κ1) is 21.3. The molecule has 1 aromatic carbocycles. The van der Waals surface area contributed by atoms with Crippen LogP contribution in [0.2, 0.25) is 0 Å². The second kappa shape index (κ2) is 10.3. The number of nitrogens with one attached hydrogen (secondary N) is 3. The third-order valence-corrected chi connectivity index (χ3v) is 4.21. The van der Waals surface area contributed by atoms with Crippen LogP contribution in [-0.4, -0.2) is 43.8 Å². The Balaban J connectivity index is 2.14. The van der Waals surface area contributed by atoms with Crippen molar-refractivity contribution in [3.05, 3.63) is 41.1 Å². The maximum atomic E-state index is 12.6. The Morgan fingerprint density at radius 2 is 1.89 bits per heavy atom. The Bertz CT molecular complexity index is 760. The zero-order valence-corrected chi connectivity index (χ0v) is 16.5. The smallest absolute Gasteiger partial charge is 0.340 e. The molecule has 3 N–H and O–H groups in total. The van der Waals surface area contributed by atoms with Gasteiger partial charge in [0.2, 0.25) is 0 Å². The second-order valence-corrected chi connectivity index (χ2v) is 6.33. The van der Waals surface area contributed by atoms with Crippen molar-refractivity contribution in [1.82, 2.24) is 10.6 Å². The van der Waals surface area contributed by atoms with Gasteiger partial charge in [-0.15, -0.1) is 0 Å². The van der Waals surface area contributed by atoms with Gasteiger partial charge in [-0.05, 0) is 32.4 Å². The molecule has 28 heavy (non-hydrogen) atoms. The monoisotopic (exact) mass is 389 g/mol. The maximum absolute atomic E-state index is 12.6. The molecule has 1 aliphatic rings. The molecule has 0 saturated carbocycles. The van der Waals surface area contributed by atoms with Crippen LogP contribution in [0.3, 0.4) is 0 Å². The maximum Gasteiger partial charge on any atom is 0.340 e. The van der Waals surface area contributed by atoms with E-state index in [9.17, 15) is 14.4 Å². The Morgan fingerprint density at radius 3 is 2.61 bits per heavy atom. The fourth-order valence-corrected chi connectivity index (χ4v) is 2.82. The molecule has 8 heteroatoms. The number of unbranched alkanes of at least 4 members (excludes halogenated alkanes) is 1. The molecule has 0 fully saturated rings. The van der Waals surface area contributed by atoms with E-state index in [1.165, 1.54) is 0 Å². The Morgan fingerprint density at radius 1 is 1.14 bits per heavy atom. The van der Waals surface area contributed by atoms with E-state index in [1.54, 1.807) is 26.0 Å². The summed E-state index contributed by atoms with van der Waals surface area (Å²) in [6, 6.07) is 6.04. The van der Waals surface area contributed by atoms with Crippen LogP contribution in [0.25, 0.3) is 0 Å². The van der Waals surface area contributed by atoms with Gasteiger partial charge in [-0.25, -0.2) is 14.4 Å². The summed E-state index contributed by atoms with van der Waals surface area (Å²) in [6.07, 6.45) is 2.02. The summed E-state index contributed by atoms with van der Waals surface area (Å²) in [5.74, 6) is -1.11. The number of amides is 2. The Labute approximate surface area is 164 Å². The molecule has 0 saturated heterocycles. The molecule has 0 aromatic heterocycles. The van der Waals surface area contributed by atoms with Crippen LogP contribution in [0.1, 0.15) is 44.0 Å². The summed E-state index contributed by atoms with van der Waals surface area (Å²) in [5, 5.41) is 8.36. The van der Waals surface area contributed by atoms with Gasteiger partial charge in [-0.2, -0.15) is 0 Å². The molecular weight excluding hydrogens is 362 g/mol. The average Bonchev–Trinajstić information content (AvgIpc) is 2.66. The highest BCUT2D eigenvalue weighted by atomic mass is 16.5. The zero-order valence-electron chi connectivity index (χ0n) is 16.5. The summed E-state index contributed by atoms with van der Waals surface area (Å²) in [5.41, 5.74) is 1.54. The molecule has 1 aliphatic heterocycles. The standard InChI is InChI=1S/C20H27N3O5/c1-4-6-11-21-15-10-8-7-9-14(15)18(24)28-12-16-17(19(25)27-5-2)13(3)22-20(26)23-16/h7-10,13,21H,4-6,11-12H2,1-3H3,(H2,22,23,26)/t13-/m1/s1. The van der Waals surface area contributed by atoms with Gasteiger partial charge in [-0.1, -0.05) is 25.5 Å². The van der Waals surface area contributed by atoms with Crippen LogP contribution in [-0.2, 0) is 14.3 Å². The van der Waals surface area contributed by atoms with Crippen LogP contribution in [0, 0.1) is 0 Å². The van der Waals surface area contributed by atoms with E-state index < -0.39 is 24.0 Å². The van der Waals surface area contributed by atoms with Gasteiger partial charge < -0.3 is 25.4 Å². The van der Waals surface area contributed by atoms with Crippen LogP contribution < -0.4 is 16.0 Å². The molecule has 1 aromatic rings. The Hall–Kier alpha value is -3.03. The van der Waals surface area contributed by atoms with E-state index in [-0.39, 0.29) is 24.5 Å². The van der Waals surface area contributed by atoms with Crippen molar-refractivity contribution in [2.24, 2.45) is 0 Å². The number of anilines is 1. The average molecular weight is 389 g/mol. The van der Waals surface area contributed by atoms with Crippen LogP contribution in [0.5, 0.6) is 0 Å². The van der Waals surface area contributed by atoms with E-state index in [4.69, 9.17) is 9.47 Å². The minimum Gasteiger partial charge on any atom is -0.463 e.